The van der Waals surface area contributed by atoms with Crippen LogP contribution >= 0.6 is 0 Å². The molecule has 2 aliphatic rings. The number of nitrogens with zero attached hydrogens (tertiary/aromatic N) is 1. The molecule has 3 nitrogen and oxygen atoms in total. The summed E-state index contributed by atoms with van der Waals surface area (Å²) in [5.74, 6) is 0.711. The van der Waals surface area contributed by atoms with Gasteiger partial charge in [-0.25, -0.2) is 0 Å². The van der Waals surface area contributed by atoms with Crippen molar-refractivity contribution in [3.8, 4) is 0 Å². The summed E-state index contributed by atoms with van der Waals surface area (Å²) in [5, 5.41) is 8.98. The second-order valence-corrected chi connectivity index (χ2v) is 5.27. The van der Waals surface area contributed by atoms with E-state index in [0.29, 0.717) is 18.6 Å². The Morgan fingerprint density at radius 1 is 1.19 bits per heavy atom. The van der Waals surface area contributed by atoms with Crippen LogP contribution in [-0.4, -0.2) is 49.0 Å². The third kappa shape index (κ3) is 3.72. The van der Waals surface area contributed by atoms with Gasteiger partial charge in [-0.1, -0.05) is 0 Å². The van der Waals surface area contributed by atoms with Crippen molar-refractivity contribution in [2.75, 3.05) is 32.8 Å². The maximum absolute atomic E-state index is 8.98. The number of likely N-dealkylation sites (tertiary alicyclic amines) is 1. The molecule has 2 fully saturated rings. The van der Waals surface area contributed by atoms with E-state index < -0.39 is 0 Å². The standard InChI is InChI=1S/C13H25NO2/c15-8-6-12-4-3-7-14(10-12)11-13-5-1-2-9-16-13/h12-13,15H,1-11H2. The second kappa shape index (κ2) is 6.58. The zero-order valence-corrected chi connectivity index (χ0v) is 10.2. The topological polar surface area (TPSA) is 32.7 Å². The molecule has 2 saturated heterocycles. The van der Waals surface area contributed by atoms with Crippen LogP contribution in [0.2, 0.25) is 0 Å². The van der Waals surface area contributed by atoms with E-state index in [2.05, 4.69) is 4.90 Å². The van der Waals surface area contributed by atoms with Gasteiger partial charge in [-0.2, -0.15) is 0 Å². The highest BCUT2D eigenvalue weighted by atomic mass is 16.5. The van der Waals surface area contributed by atoms with Gasteiger partial charge in [0.2, 0.25) is 0 Å². The fraction of sp³-hybridized carbons (Fsp3) is 1.00. The summed E-state index contributed by atoms with van der Waals surface area (Å²) in [6.45, 7) is 4.81. The predicted octanol–water partition coefficient (Wildman–Crippen LogP) is 1.65. The molecule has 0 aliphatic carbocycles. The van der Waals surface area contributed by atoms with Gasteiger partial charge >= 0.3 is 0 Å². The summed E-state index contributed by atoms with van der Waals surface area (Å²) in [4.78, 5) is 2.54. The first-order valence-electron chi connectivity index (χ1n) is 6.83. The van der Waals surface area contributed by atoms with Crippen molar-refractivity contribution < 1.29 is 9.84 Å². The van der Waals surface area contributed by atoms with Crippen molar-refractivity contribution in [1.82, 2.24) is 4.90 Å². The summed E-state index contributed by atoms with van der Waals surface area (Å²) in [5.41, 5.74) is 0. The fourth-order valence-corrected chi connectivity index (χ4v) is 2.97. The molecule has 0 aromatic rings. The summed E-state index contributed by atoms with van der Waals surface area (Å²) >= 11 is 0. The summed E-state index contributed by atoms with van der Waals surface area (Å²) < 4.78 is 5.78. The molecular formula is C13H25NO2. The first-order chi connectivity index (χ1) is 7.88. The Morgan fingerprint density at radius 2 is 2.12 bits per heavy atom. The number of rotatable bonds is 4. The minimum atomic E-state index is 0.346. The molecule has 1 N–H and O–H groups in total. The smallest absolute Gasteiger partial charge is 0.0702 e. The van der Waals surface area contributed by atoms with E-state index in [1.807, 2.05) is 0 Å². The monoisotopic (exact) mass is 227 g/mol. The third-order valence-electron chi connectivity index (χ3n) is 3.88. The highest BCUT2D eigenvalue weighted by molar-refractivity contribution is 4.76. The molecule has 94 valence electrons. The lowest BCUT2D eigenvalue weighted by Crippen LogP contribution is -2.42. The lowest BCUT2D eigenvalue weighted by Gasteiger charge is -2.35. The van der Waals surface area contributed by atoms with E-state index >= 15 is 0 Å². The average Bonchev–Trinajstić information content (AvgIpc) is 2.31. The van der Waals surface area contributed by atoms with Crippen molar-refractivity contribution in [2.45, 2.75) is 44.6 Å². The van der Waals surface area contributed by atoms with Crippen LogP contribution in [0, 0.1) is 5.92 Å². The van der Waals surface area contributed by atoms with E-state index in [1.54, 1.807) is 0 Å². The molecule has 2 heterocycles. The molecule has 2 atom stereocenters. The van der Waals surface area contributed by atoms with Gasteiger partial charge in [-0.3, -0.25) is 0 Å². The number of aliphatic hydroxyl groups excluding tert-OH is 1. The molecule has 0 bridgehead atoms. The zero-order valence-electron chi connectivity index (χ0n) is 10.2. The van der Waals surface area contributed by atoms with E-state index in [1.165, 1.54) is 45.2 Å². The Morgan fingerprint density at radius 3 is 2.88 bits per heavy atom. The van der Waals surface area contributed by atoms with Crippen molar-refractivity contribution in [3.63, 3.8) is 0 Å². The van der Waals surface area contributed by atoms with E-state index in [4.69, 9.17) is 9.84 Å². The molecule has 0 spiro atoms. The van der Waals surface area contributed by atoms with Crippen molar-refractivity contribution >= 4 is 0 Å². The van der Waals surface area contributed by atoms with Gasteiger partial charge < -0.3 is 14.7 Å². The van der Waals surface area contributed by atoms with Crippen LogP contribution in [0.25, 0.3) is 0 Å². The van der Waals surface area contributed by atoms with Gasteiger partial charge in [0.05, 0.1) is 6.10 Å². The van der Waals surface area contributed by atoms with Crippen molar-refractivity contribution in [3.05, 3.63) is 0 Å². The second-order valence-electron chi connectivity index (χ2n) is 5.27. The Hall–Kier alpha value is -0.120. The van der Waals surface area contributed by atoms with Gasteiger partial charge in [0.1, 0.15) is 0 Å². The highest BCUT2D eigenvalue weighted by Crippen LogP contribution is 2.21. The molecule has 0 saturated carbocycles. The van der Waals surface area contributed by atoms with Crippen LogP contribution in [0.15, 0.2) is 0 Å². The van der Waals surface area contributed by atoms with Crippen molar-refractivity contribution in [1.29, 1.82) is 0 Å². The molecule has 3 heteroatoms. The van der Waals surface area contributed by atoms with Gasteiger partial charge in [-0.15, -0.1) is 0 Å². The van der Waals surface area contributed by atoms with Crippen LogP contribution in [0.1, 0.15) is 38.5 Å². The van der Waals surface area contributed by atoms with Gasteiger partial charge in [-0.05, 0) is 51.0 Å². The summed E-state index contributed by atoms with van der Waals surface area (Å²) in [6.07, 6.45) is 7.84. The lowest BCUT2D eigenvalue weighted by molar-refractivity contribution is -0.0136. The number of hydrogen-bond donors (Lipinski definition) is 1. The Balaban J connectivity index is 1.71. The van der Waals surface area contributed by atoms with Crippen LogP contribution < -0.4 is 0 Å². The van der Waals surface area contributed by atoms with Crippen LogP contribution in [0.4, 0.5) is 0 Å². The minimum absolute atomic E-state index is 0.346. The average molecular weight is 227 g/mol. The number of piperidine rings is 1. The molecular weight excluding hydrogens is 202 g/mol. The van der Waals surface area contributed by atoms with Crippen LogP contribution in [0.3, 0.4) is 0 Å². The number of hydrogen-bond acceptors (Lipinski definition) is 3. The molecule has 0 radical (unpaired) electrons. The van der Waals surface area contributed by atoms with E-state index in [-0.39, 0.29) is 0 Å². The Bertz CT molecular complexity index is 190. The first-order valence-corrected chi connectivity index (χ1v) is 6.83. The number of aliphatic hydroxyl groups is 1. The van der Waals surface area contributed by atoms with Gasteiger partial charge in [0, 0.05) is 26.3 Å². The predicted molar refractivity (Wildman–Crippen MR) is 64.5 cm³/mol. The molecule has 2 rings (SSSR count). The van der Waals surface area contributed by atoms with Crippen molar-refractivity contribution in [2.24, 2.45) is 5.92 Å². The SMILES string of the molecule is OCCC1CCCN(CC2CCCCO2)C1. The number of ether oxygens (including phenoxy) is 1. The van der Waals surface area contributed by atoms with Crippen LogP contribution in [-0.2, 0) is 4.74 Å². The van der Waals surface area contributed by atoms with E-state index in [0.717, 1.165) is 19.6 Å². The maximum atomic E-state index is 8.98. The quantitative estimate of drug-likeness (QED) is 0.792. The Labute approximate surface area is 98.8 Å². The third-order valence-corrected chi connectivity index (χ3v) is 3.88. The first kappa shape index (κ1) is 12.3. The minimum Gasteiger partial charge on any atom is -0.396 e. The van der Waals surface area contributed by atoms with Gasteiger partial charge in [0.15, 0.2) is 0 Å². The van der Waals surface area contributed by atoms with Gasteiger partial charge in [0.25, 0.3) is 0 Å². The van der Waals surface area contributed by atoms with Crippen LogP contribution in [0.5, 0.6) is 0 Å². The summed E-state index contributed by atoms with van der Waals surface area (Å²) in [6, 6.07) is 0. The molecule has 0 aromatic heterocycles. The summed E-state index contributed by atoms with van der Waals surface area (Å²) in [7, 11) is 0. The normalized spacial score (nSPS) is 32.8. The largest absolute Gasteiger partial charge is 0.396 e. The fourth-order valence-electron chi connectivity index (χ4n) is 2.97. The molecule has 2 aliphatic heterocycles. The molecule has 0 aromatic carbocycles. The lowest BCUT2D eigenvalue weighted by atomic mass is 9.94. The molecule has 16 heavy (non-hydrogen) atoms. The highest BCUT2D eigenvalue weighted by Gasteiger charge is 2.23. The Kier molecular flexibility index (Phi) is 5.07. The maximum Gasteiger partial charge on any atom is 0.0702 e. The van der Waals surface area contributed by atoms with E-state index in [9.17, 15) is 0 Å². The zero-order chi connectivity index (χ0) is 11.2. The molecule has 2 unspecified atom stereocenters. The molecule has 0 amide bonds.